The Bertz CT molecular complexity index is 376. The summed E-state index contributed by atoms with van der Waals surface area (Å²) in [5.74, 6) is -1.19. The maximum absolute atomic E-state index is 11.8. The van der Waals surface area contributed by atoms with E-state index in [1.165, 1.54) is 7.11 Å². The second-order valence-electron chi connectivity index (χ2n) is 3.67. The lowest BCUT2D eigenvalue weighted by atomic mass is 9.94. The number of esters is 1. The summed E-state index contributed by atoms with van der Waals surface area (Å²) in [5.41, 5.74) is 0.936. The maximum atomic E-state index is 11.8. The van der Waals surface area contributed by atoms with E-state index in [2.05, 4.69) is 4.74 Å². The van der Waals surface area contributed by atoms with E-state index in [0.29, 0.717) is 6.42 Å². The van der Waals surface area contributed by atoms with Crippen LogP contribution in [0.25, 0.3) is 0 Å². The fourth-order valence-electron chi connectivity index (χ4n) is 1.59. The molecule has 0 aromatic heterocycles. The van der Waals surface area contributed by atoms with Crippen LogP contribution in [0.3, 0.4) is 0 Å². The minimum absolute atomic E-state index is 0.171. The molecule has 0 N–H and O–H groups in total. The molecule has 92 valence electrons. The quantitative estimate of drug-likeness (QED) is 0.444. The minimum Gasteiger partial charge on any atom is -0.468 e. The smallest absolute Gasteiger partial charge is 0.316 e. The van der Waals surface area contributed by atoms with E-state index in [9.17, 15) is 9.59 Å². The van der Waals surface area contributed by atoms with Crippen LogP contribution in [0.4, 0.5) is 0 Å². The highest BCUT2D eigenvalue weighted by molar-refractivity contribution is 6.19. The minimum atomic E-state index is -0.749. The summed E-state index contributed by atoms with van der Waals surface area (Å²) in [6.45, 7) is 0. The summed E-state index contributed by atoms with van der Waals surface area (Å²) < 4.78 is 4.65. The van der Waals surface area contributed by atoms with Gasteiger partial charge in [-0.25, -0.2) is 0 Å². The number of halogens is 1. The van der Waals surface area contributed by atoms with Crippen molar-refractivity contribution in [1.82, 2.24) is 0 Å². The molecule has 17 heavy (non-hydrogen) atoms. The van der Waals surface area contributed by atoms with Gasteiger partial charge in [0.2, 0.25) is 0 Å². The van der Waals surface area contributed by atoms with Crippen LogP contribution in [-0.2, 0) is 20.7 Å². The largest absolute Gasteiger partial charge is 0.468 e. The Morgan fingerprint density at radius 3 is 2.47 bits per heavy atom. The average Bonchev–Trinajstić information content (AvgIpc) is 2.36. The summed E-state index contributed by atoms with van der Waals surface area (Å²) >= 11 is 5.52. The molecule has 0 fully saturated rings. The lowest BCUT2D eigenvalue weighted by molar-refractivity contribution is -0.149. The Balaban J connectivity index is 2.77. The van der Waals surface area contributed by atoms with Crippen molar-refractivity contribution in [3.8, 4) is 0 Å². The molecule has 1 unspecified atom stereocenters. The number of benzene rings is 1. The molecule has 0 radical (unpaired) electrons. The van der Waals surface area contributed by atoms with Crippen molar-refractivity contribution < 1.29 is 14.3 Å². The molecule has 1 aromatic rings. The van der Waals surface area contributed by atoms with E-state index >= 15 is 0 Å². The number of rotatable bonds is 6. The van der Waals surface area contributed by atoms with Crippen molar-refractivity contribution in [2.45, 2.75) is 12.8 Å². The van der Waals surface area contributed by atoms with E-state index in [4.69, 9.17) is 11.6 Å². The molecule has 0 aliphatic carbocycles. The molecule has 1 aromatic carbocycles. The van der Waals surface area contributed by atoms with Crippen LogP contribution in [0.5, 0.6) is 0 Å². The van der Waals surface area contributed by atoms with Crippen LogP contribution < -0.4 is 0 Å². The van der Waals surface area contributed by atoms with Gasteiger partial charge in [0.1, 0.15) is 11.7 Å². The Morgan fingerprint density at radius 1 is 1.29 bits per heavy atom. The predicted molar refractivity (Wildman–Crippen MR) is 66.0 cm³/mol. The molecule has 0 aliphatic rings. The number of alkyl halides is 1. The monoisotopic (exact) mass is 254 g/mol. The molecule has 1 atom stereocenters. The normalized spacial score (nSPS) is 11.9. The first-order valence-electron chi connectivity index (χ1n) is 5.39. The predicted octanol–water partition coefficient (Wildman–Crippen LogP) is 2.22. The zero-order chi connectivity index (χ0) is 12.7. The number of carbonyl (C=O) groups is 2. The Kier molecular flexibility index (Phi) is 5.70. The van der Waals surface area contributed by atoms with Gasteiger partial charge in [0, 0.05) is 12.3 Å². The van der Waals surface area contributed by atoms with E-state index in [1.54, 1.807) is 0 Å². The van der Waals surface area contributed by atoms with Crippen LogP contribution in [0.2, 0.25) is 0 Å². The lowest BCUT2D eigenvalue weighted by Gasteiger charge is -2.12. The van der Waals surface area contributed by atoms with Gasteiger partial charge in [-0.15, -0.1) is 11.6 Å². The van der Waals surface area contributed by atoms with Crippen LogP contribution in [0.15, 0.2) is 30.3 Å². The zero-order valence-corrected chi connectivity index (χ0v) is 10.4. The first-order chi connectivity index (χ1) is 8.19. The molecule has 0 spiro atoms. The Morgan fingerprint density at radius 2 is 1.94 bits per heavy atom. The molecule has 4 heteroatoms. The Labute approximate surface area is 106 Å². The number of ether oxygens (including phenoxy) is 1. The number of ketones is 1. The lowest BCUT2D eigenvalue weighted by Crippen LogP contribution is -2.27. The summed E-state index contributed by atoms with van der Waals surface area (Å²) in [7, 11) is 1.29. The number of carbonyl (C=O) groups excluding carboxylic acids is 2. The molecule has 0 amide bonds. The second-order valence-corrected chi connectivity index (χ2v) is 4.05. The average molecular weight is 255 g/mol. The summed E-state index contributed by atoms with van der Waals surface area (Å²) in [4.78, 5) is 23.3. The SMILES string of the molecule is COC(=O)C(Cc1ccccc1)C(=O)CCCl. The molecular weight excluding hydrogens is 240 g/mol. The topological polar surface area (TPSA) is 43.4 Å². The van der Waals surface area contributed by atoms with E-state index in [-0.39, 0.29) is 18.1 Å². The van der Waals surface area contributed by atoms with Gasteiger partial charge in [-0.1, -0.05) is 30.3 Å². The van der Waals surface area contributed by atoms with Gasteiger partial charge in [-0.05, 0) is 12.0 Å². The number of Topliss-reactive ketones (excluding diaryl/α,β-unsaturated/α-hetero) is 1. The van der Waals surface area contributed by atoms with Gasteiger partial charge in [-0.3, -0.25) is 9.59 Å². The maximum Gasteiger partial charge on any atom is 0.316 e. The van der Waals surface area contributed by atoms with Gasteiger partial charge in [0.15, 0.2) is 0 Å². The van der Waals surface area contributed by atoms with Gasteiger partial charge in [0.05, 0.1) is 7.11 Å². The van der Waals surface area contributed by atoms with Gasteiger partial charge >= 0.3 is 5.97 Å². The Hall–Kier alpha value is -1.35. The number of methoxy groups -OCH3 is 1. The van der Waals surface area contributed by atoms with Crippen molar-refractivity contribution in [2.24, 2.45) is 5.92 Å². The fraction of sp³-hybridized carbons (Fsp3) is 0.385. The zero-order valence-electron chi connectivity index (χ0n) is 9.69. The van der Waals surface area contributed by atoms with Crippen molar-refractivity contribution in [3.63, 3.8) is 0 Å². The highest BCUT2D eigenvalue weighted by atomic mass is 35.5. The van der Waals surface area contributed by atoms with Crippen LogP contribution in [-0.4, -0.2) is 24.7 Å². The first-order valence-corrected chi connectivity index (χ1v) is 5.93. The third-order valence-electron chi connectivity index (χ3n) is 2.50. The molecule has 0 saturated carbocycles. The highest BCUT2D eigenvalue weighted by Crippen LogP contribution is 2.13. The van der Waals surface area contributed by atoms with Crippen LogP contribution >= 0.6 is 11.6 Å². The van der Waals surface area contributed by atoms with Crippen molar-refractivity contribution in [3.05, 3.63) is 35.9 Å². The summed E-state index contributed by atoms with van der Waals surface area (Å²) in [6, 6.07) is 9.39. The number of hydrogen-bond donors (Lipinski definition) is 0. The fourth-order valence-corrected chi connectivity index (χ4v) is 1.77. The second kappa shape index (κ2) is 7.07. The standard InChI is InChI=1S/C13H15ClO3/c1-17-13(16)11(12(15)7-8-14)9-10-5-3-2-4-6-10/h2-6,11H,7-9H2,1H3. The summed E-state index contributed by atoms with van der Waals surface area (Å²) in [6.07, 6.45) is 0.553. The highest BCUT2D eigenvalue weighted by Gasteiger charge is 2.26. The molecule has 3 nitrogen and oxygen atoms in total. The third kappa shape index (κ3) is 4.19. The third-order valence-corrected chi connectivity index (χ3v) is 2.69. The first kappa shape index (κ1) is 13.7. The van der Waals surface area contributed by atoms with Crippen LogP contribution in [0.1, 0.15) is 12.0 Å². The molecular formula is C13H15ClO3. The van der Waals surface area contributed by atoms with Crippen molar-refractivity contribution >= 4 is 23.4 Å². The van der Waals surface area contributed by atoms with E-state index < -0.39 is 11.9 Å². The molecule has 0 aliphatic heterocycles. The van der Waals surface area contributed by atoms with Gasteiger partial charge in [0.25, 0.3) is 0 Å². The number of hydrogen-bond acceptors (Lipinski definition) is 3. The molecule has 0 bridgehead atoms. The summed E-state index contributed by atoms with van der Waals surface area (Å²) in [5, 5.41) is 0. The molecule has 1 rings (SSSR count). The van der Waals surface area contributed by atoms with E-state index in [1.807, 2.05) is 30.3 Å². The van der Waals surface area contributed by atoms with Crippen molar-refractivity contribution in [1.29, 1.82) is 0 Å². The van der Waals surface area contributed by atoms with Gasteiger partial charge < -0.3 is 4.74 Å². The molecule has 0 saturated heterocycles. The van der Waals surface area contributed by atoms with E-state index in [0.717, 1.165) is 5.56 Å². The molecule has 0 heterocycles. The van der Waals surface area contributed by atoms with Crippen LogP contribution in [0, 0.1) is 5.92 Å². The van der Waals surface area contributed by atoms with Gasteiger partial charge in [-0.2, -0.15) is 0 Å². The van der Waals surface area contributed by atoms with Crippen molar-refractivity contribution in [2.75, 3.05) is 13.0 Å².